The number of ether oxygens (including phenoxy) is 1. The second-order valence-corrected chi connectivity index (χ2v) is 2.54. The summed E-state index contributed by atoms with van der Waals surface area (Å²) in [6.07, 6.45) is 0. The van der Waals surface area contributed by atoms with Crippen LogP contribution in [0.2, 0.25) is 0 Å². The summed E-state index contributed by atoms with van der Waals surface area (Å²) in [5.74, 6) is 0.518. The Labute approximate surface area is 57.8 Å². The van der Waals surface area contributed by atoms with Crippen LogP contribution in [0.5, 0.6) is 0 Å². The van der Waals surface area contributed by atoms with E-state index in [1.807, 2.05) is 0 Å². The monoisotopic (exact) mass is 147 g/mol. The van der Waals surface area contributed by atoms with Gasteiger partial charge in [-0.3, -0.25) is 4.79 Å². The average Bonchev–Trinajstić information content (AvgIpc) is 1.80. The summed E-state index contributed by atoms with van der Waals surface area (Å²) in [7, 11) is 0. The molecule has 0 N–H and O–H groups in total. The highest BCUT2D eigenvalue weighted by atomic mass is 32.2. The molecular formula is C5H7O3S. The van der Waals surface area contributed by atoms with Gasteiger partial charge in [0, 0.05) is 12.7 Å². The van der Waals surface area contributed by atoms with Gasteiger partial charge in [-0.1, -0.05) is 11.8 Å². The first-order chi connectivity index (χ1) is 4.27. The molecule has 0 aromatic heterocycles. The van der Waals surface area contributed by atoms with Crippen molar-refractivity contribution in [2.24, 2.45) is 0 Å². The lowest BCUT2D eigenvalue weighted by Crippen LogP contribution is -1.96. The molecule has 3 nitrogen and oxygen atoms in total. The minimum Gasteiger partial charge on any atom is -0.456 e. The SMILES string of the molecule is CC(=O)SCCO[C]=O. The van der Waals surface area contributed by atoms with Crippen molar-refractivity contribution in [2.75, 3.05) is 12.4 Å². The summed E-state index contributed by atoms with van der Waals surface area (Å²) in [6, 6.07) is 0. The van der Waals surface area contributed by atoms with Gasteiger partial charge in [0.1, 0.15) is 6.61 Å². The zero-order valence-electron chi connectivity index (χ0n) is 5.05. The van der Waals surface area contributed by atoms with E-state index in [1.165, 1.54) is 13.4 Å². The Morgan fingerprint density at radius 3 is 2.89 bits per heavy atom. The van der Waals surface area contributed by atoms with Gasteiger partial charge in [-0.15, -0.1) is 0 Å². The molecular weight excluding hydrogens is 140 g/mol. The Balaban J connectivity index is 2.91. The number of rotatable bonds is 4. The number of carbonyl (C=O) groups is 1. The normalized spacial score (nSPS) is 8.56. The second-order valence-electron chi connectivity index (χ2n) is 1.27. The first-order valence-corrected chi connectivity index (χ1v) is 3.38. The molecule has 0 saturated carbocycles. The molecule has 0 aliphatic heterocycles. The van der Waals surface area contributed by atoms with E-state index in [0.717, 1.165) is 11.8 Å². The average molecular weight is 147 g/mol. The predicted octanol–water partition coefficient (Wildman–Crippen LogP) is 0.350. The van der Waals surface area contributed by atoms with Crippen LogP contribution >= 0.6 is 11.8 Å². The van der Waals surface area contributed by atoms with Gasteiger partial charge in [-0.05, 0) is 0 Å². The van der Waals surface area contributed by atoms with Gasteiger partial charge < -0.3 is 4.74 Å². The topological polar surface area (TPSA) is 43.4 Å². The Bertz CT molecular complexity index is 102. The molecule has 0 aliphatic rings. The Morgan fingerprint density at radius 2 is 2.44 bits per heavy atom. The maximum absolute atomic E-state index is 10.2. The second kappa shape index (κ2) is 5.62. The van der Waals surface area contributed by atoms with Crippen LogP contribution in [0.3, 0.4) is 0 Å². The van der Waals surface area contributed by atoms with Gasteiger partial charge in [-0.2, -0.15) is 0 Å². The van der Waals surface area contributed by atoms with Crippen molar-refractivity contribution in [2.45, 2.75) is 6.92 Å². The lowest BCUT2D eigenvalue weighted by atomic mass is 10.9. The number of hydrogen-bond acceptors (Lipinski definition) is 4. The summed E-state index contributed by atoms with van der Waals surface area (Å²) in [4.78, 5) is 19.6. The van der Waals surface area contributed by atoms with Crippen molar-refractivity contribution in [1.29, 1.82) is 0 Å². The Hall–Kier alpha value is -0.510. The molecule has 0 atom stereocenters. The molecule has 0 aromatic carbocycles. The summed E-state index contributed by atoms with van der Waals surface area (Å²) >= 11 is 1.13. The summed E-state index contributed by atoms with van der Waals surface area (Å²) < 4.78 is 4.21. The van der Waals surface area contributed by atoms with E-state index in [0.29, 0.717) is 5.75 Å². The minimum absolute atomic E-state index is 0.0319. The number of hydrogen-bond donors (Lipinski definition) is 0. The molecule has 4 heteroatoms. The molecule has 0 heterocycles. The Kier molecular flexibility index (Phi) is 5.30. The van der Waals surface area contributed by atoms with E-state index in [9.17, 15) is 9.59 Å². The van der Waals surface area contributed by atoms with Gasteiger partial charge >= 0.3 is 6.47 Å². The Morgan fingerprint density at radius 1 is 1.78 bits per heavy atom. The van der Waals surface area contributed by atoms with Crippen molar-refractivity contribution in [1.82, 2.24) is 0 Å². The molecule has 0 bridgehead atoms. The predicted molar refractivity (Wildman–Crippen MR) is 34.8 cm³/mol. The largest absolute Gasteiger partial charge is 0.456 e. The van der Waals surface area contributed by atoms with Crippen LogP contribution in [0.4, 0.5) is 0 Å². The van der Waals surface area contributed by atoms with Gasteiger partial charge in [0.15, 0.2) is 5.12 Å². The lowest BCUT2D eigenvalue weighted by molar-refractivity contribution is -0.109. The summed E-state index contributed by atoms with van der Waals surface area (Å²) in [5, 5.41) is 0.0319. The molecule has 0 aliphatic carbocycles. The van der Waals surface area contributed by atoms with Crippen molar-refractivity contribution in [3.63, 3.8) is 0 Å². The highest BCUT2D eigenvalue weighted by molar-refractivity contribution is 8.13. The maximum atomic E-state index is 10.2. The van der Waals surface area contributed by atoms with Crippen LogP contribution in [0.25, 0.3) is 0 Å². The van der Waals surface area contributed by atoms with Crippen LogP contribution in [-0.4, -0.2) is 23.9 Å². The third-order valence-corrected chi connectivity index (χ3v) is 1.33. The quantitative estimate of drug-likeness (QED) is 0.538. The fraction of sp³-hybridized carbons (Fsp3) is 0.600. The van der Waals surface area contributed by atoms with E-state index in [-0.39, 0.29) is 11.7 Å². The first-order valence-electron chi connectivity index (χ1n) is 2.39. The van der Waals surface area contributed by atoms with E-state index in [1.54, 1.807) is 0 Å². The van der Waals surface area contributed by atoms with E-state index in [4.69, 9.17) is 0 Å². The van der Waals surface area contributed by atoms with E-state index < -0.39 is 0 Å². The maximum Gasteiger partial charge on any atom is 0.417 e. The van der Waals surface area contributed by atoms with Crippen LogP contribution in [0, 0.1) is 0 Å². The smallest absolute Gasteiger partial charge is 0.417 e. The fourth-order valence-electron chi connectivity index (χ4n) is 0.269. The number of thioether (sulfide) groups is 1. The summed E-state index contributed by atoms with van der Waals surface area (Å²) in [5.41, 5.74) is 0. The van der Waals surface area contributed by atoms with Crippen molar-refractivity contribution < 1.29 is 14.3 Å². The molecule has 0 aromatic rings. The van der Waals surface area contributed by atoms with Gasteiger partial charge in [0.05, 0.1) is 0 Å². The van der Waals surface area contributed by atoms with Crippen LogP contribution in [0.15, 0.2) is 0 Å². The molecule has 9 heavy (non-hydrogen) atoms. The fourth-order valence-corrected chi connectivity index (χ4v) is 0.723. The molecule has 51 valence electrons. The highest BCUT2D eigenvalue weighted by Gasteiger charge is 1.92. The van der Waals surface area contributed by atoms with Crippen molar-refractivity contribution in [3.8, 4) is 0 Å². The zero-order valence-corrected chi connectivity index (χ0v) is 5.86. The molecule has 0 rings (SSSR count). The van der Waals surface area contributed by atoms with E-state index >= 15 is 0 Å². The van der Waals surface area contributed by atoms with Crippen molar-refractivity contribution >= 4 is 23.3 Å². The van der Waals surface area contributed by atoms with Crippen LogP contribution < -0.4 is 0 Å². The molecule has 0 saturated heterocycles. The molecule has 0 spiro atoms. The van der Waals surface area contributed by atoms with Gasteiger partial charge in [0.2, 0.25) is 0 Å². The van der Waals surface area contributed by atoms with Gasteiger partial charge in [-0.25, -0.2) is 4.79 Å². The van der Waals surface area contributed by atoms with E-state index in [2.05, 4.69) is 4.74 Å². The zero-order chi connectivity index (χ0) is 7.11. The number of carbonyl (C=O) groups excluding carboxylic acids is 2. The van der Waals surface area contributed by atoms with Gasteiger partial charge in [0.25, 0.3) is 0 Å². The minimum atomic E-state index is 0.0319. The van der Waals surface area contributed by atoms with Crippen molar-refractivity contribution in [3.05, 3.63) is 0 Å². The molecule has 1 radical (unpaired) electrons. The molecule has 0 unspecified atom stereocenters. The third-order valence-electron chi connectivity index (χ3n) is 0.550. The molecule has 0 fully saturated rings. The van der Waals surface area contributed by atoms with Crippen LogP contribution in [-0.2, 0) is 14.3 Å². The molecule has 0 amide bonds. The first kappa shape index (κ1) is 8.49. The van der Waals surface area contributed by atoms with Crippen LogP contribution in [0.1, 0.15) is 6.92 Å². The standard InChI is InChI=1S/C5H7O3S/c1-5(7)9-3-2-8-4-6/h2-3H2,1H3. The summed E-state index contributed by atoms with van der Waals surface area (Å²) in [6.45, 7) is 2.99. The lowest BCUT2D eigenvalue weighted by Gasteiger charge is -1.92. The highest BCUT2D eigenvalue weighted by Crippen LogP contribution is 1.98. The third kappa shape index (κ3) is 7.49.